The predicted molar refractivity (Wildman–Crippen MR) is 74.3 cm³/mol. The largest absolute Gasteiger partial charge is 0.504 e. The van der Waals surface area contributed by atoms with Gasteiger partial charge in [-0.3, -0.25) is 0 Å². The summed E-state index contributed by atoms with van der Waals surface area (Å²) in [5.41, 5.74) is 0.757. The minimum absolute atomic E-state index is 0.0985. The van der Waals surface area contributed by atoms with Gasteiger partial charge in [0.15, 0.2) is 17.8 Å². The summed E-state index contributed by atoms with van der Waals surface area (Å²) in [5.74, 6) is 0.0525. The first kappa shape index (κ1) is 16.3. The van der Waals surface area contributed by atoms with Crippen LogP contribution < -0.4 is 10.1 Å². The molecule has 0 fully saturated rings. The predicted octanol–water partition coefficient (Wildman–Crippen LogP) is 2.04. The smallest absolute Gasteiger partial charge is 0.185 e. The van der Waals surface area contributed by atoms with Gasteiger partial charge in [0, 0.05) is 26.0 Å². The molecule has 0 aliphatic carbocycles. The van der Waals surface area contributed by atoms with Gasteiger partial charge in [0.05, 0.1) is 12.8 Å². The quantitative estimate of drug-likeness (QED) is 0.609. The molecule has 110 valence electrons. The number of benzene rings is 1. The van der Waals surface area contributed by atoms with Gasteiger partial charge < -0.3 is 24.6 Å². The van der Waals surface area contributed by atoms with E-state index in [9.17, 15) is 5.11 Å². The lowest BCUT2D eigenvalue weighted by Crippen LogP contribution is -2.08. The van der Waals surface area contributed by atoms with Crippen molar-refractivity contribution in [2.24, 2.45) is 0 Å². The highest BCUT2D eigenvalue weighted by atomic mass is 16.7. The van der Waals surface area contributed by atoms with Crippen molar-refractivity contribution >= 4 is 5.69 Å². The van der Waals surface area contributed by atoms with Crippen LogP contribution in [0.25, 0.3) is 0 Å². The van der Waals surface area contributed by atoms with Crippen molar-refractivity contribution in [1.82, 2.24) is 0 Å². The van der Waals surface area contributed by atoms with Crippen LogP contribution in [0.5, 0.6) is 11.5 Å². The van der Waals surface area contributed by atoms with E-state index in [1.807, 2.05) is 0 Å². The molecule has 0 saturated heterocycles. The van der Waals surface area contributed by atoms with Crippen LogP contribution in [0, 0.1) is 22.7 Å². The lowest BCUT2D eigenvalue weighted by Gasteiger charge is -2.20. The Kier molecular flexibility index (Phi) is 6.02. The zero-order valence-electron chi connectivity index (χ0n) is 11.9. The normalized spacial score (nSPS) is 9.62. The third-order valence-electron chi connectivity index (χ3n) is 2.66. The first-order valence-electron chi connectivity index (χ1n) is 5.85. The van der Waals surface area contributed by atoms with Crippen LogP contribution in [0.4, 0.5) is 5.69 Å². The second-order valence-corrected chi connectivity index (χ2v) is 3.81. The van der Waals surface area contributed by atoms with Crippen LogP contribution in [-0.4, -0.2) is 26.4 Å². The Morgan fingerprint density at radius 3 is 2.33 bits per heavy atom. The fourth-order valence-electron chi connectivity index (χ4n) is 1.72. The molecule has 0 amide bonds. The number of nitrogens with one attached hydrogen (secondary N) is 1. The molecule has 1 aromatic carbocycles. The number of nitriles is 2. The van der Waals surface area contributed by atoms with Crippen molar-refractivity contribution in [2.45, 2.75) is 6.29 Å². The van der Waals surface area contributed by atoms with Crippen LogP contribution in [-0.2, 0) is 9.47 Å². The van der Waals surface area contributed by atoms with Crippen molar-refractivity contribution in [2.75, 3.05) is 26.6 Å². The van der Waals surface area contributed by atoms with Gasteiger partial charge >= 0.3 is 0 Å². The Balaban J connectivity index is 3.38. The number of phenols is 1. The van der Waals surface area contributed by atoms with E-state index >= 15 is 0 Å². The Morgan fingerprint density at radius 1 is 1.24 bits per heavy atom. The zero-order valence-corrected chi connectivity index (χ0v) is 11.9. The molecule has 0 aliphatic heterocycles. The van der Waals surface area contributed by atoms with Crippen molar-refractivity contribution in [3.8, 4) is 23.6 Å². The molecule has 0 unspecified atom stereocenters. The third-order valence-corrected chi connectivity index (χ3v) is 2.66. The van der Waals surface area contributed by atoms with Crippen LogP contribution in [0.15, 0.2) is 23.9 Å². The SMILES string of the molecule is COc1c(O)ccc(C(OC)OC)c1NC=C(C#N)C#N. The molecule has 0 atom stereocenters. The molecular formula is C14H15N3O4. The molecule has 2 N–H and O–H groups in total. The highest BCUT2D eigenvalue weighted by molar-refractivity contribution is 5.69. The summed E-state index contributed by atoms with van der Waals surface area (Å²) in [6.07, 6.45) is 0.506. The van der Waals surface area contributed by atoms with Crippen molar-refractivity contribution in [1.29, 1.82) is 10.5 Å². The summed E-state index contributed by atoms with van der Waals surface area (Å²) in [6, 6.07) is 6.47. The fourth-order valence-corrected chi connectivity index (χ4v) is 1.72. The van der Waals surface area contributed by atoms with Gasteiger partial charge in [0.1, 0.15) is 17.7 Å². The summed E-state index contributed by atoms with van der Waals surface area (Å²) < 4.78 is 15.5. The zero-order chi connectivity index (χ0) is 15.8. The summed E-state index contributed by atoms with van der Waals surface area (Å²) >= 11 is 0. The minimum Gasteiger partial charge on any atom is -0.504 e. The van der Waals surface area contributed by atoms with E-state index in [1.54, 1.807) is 18.2 Å². The molecule has 0 aromatic heterocycles. The molecule has 7 heteroatoms. The molecule has 21 heavy (non-hydrogen) atoms. The molecule has 1 aromatic rings. The number of hydrogen-bond donors (Lipinski definition) is 2. The highest BCUT2D eigenvalue weighted by Crippen LogP contribution is 2.40. The topological polar surface area (TPSA) is 108 Å². The number of hydrogen-bond acceptors (Lipinski definition) is 7. The average molecular weight is 289 g/mol. The van der Waals surface area contributed by atoms with Gasteiger partial charge in [0.2, 0.25) is 0 Å². The Hall–Kier alpha value is -2.74. The van der Waals surface area contributed by atoms with Gasteiger partial charge in [0.25, 0.3) is 0 Å². The van der Waals surface area contributed by atoms with E-state index in [1.165, 1.54) is 33.6 Å². The highest BCUT2D eigenvalue weighted by Gasteiger charge is 2.20. The molecular weight excluding hydrogens is 274 g/mol. The molecule has 7 nitrogen and oxygen atoms in total. The van der Waals surface area contributed by atoms with Crippen molar-refractivity contribution < 1.29 is 19.3 Å². The second kappa shape index (κ2) is 7.75. The lowest BCUT2D eigenvalue weighted by molar-refractivity contribution is -0.105. The number of allylic oxidation sites excluding steroid dienone is 1. The molecule has 0 spiro atoms. The van der Waals surface area contributed by atoms with E-state index in [2.05, 4.69) is 5.32 Å². The average Bonchev–Trinajstić information content (AvgIpc) is 2.51. The molecule has 0 radical (unpaired) electrons. The van der Waals surface area contributed by atoms with E-state index in [-0.39, 0.29) is 17.1 Å². The maximum absolute atomic E-state index is 9.83. The van der Waals surface area contributed by atoms with Gasteiger partial charge in [-0.15, -0.1) is 0 Å². The standard InChI is InChI=1S/C14H15N3O4/c1-19-13-11(18)5-4-10(14(20-2)21-3)12(13)17-8-9(6-15)7-16/h4-5,8,14,17-18H,1-3H3. The molecule has 0 aliphatic rings. The number of anilines is 1. The summed E-state index contributed by atoms with van der Waals surface area (Å²) in [5, 5.41) is 30.1. The van der Waals surface area contributed by atoms with Gasteiger partial charge in [-0.2, -0.15) is 10.5 Å². The van der Waals surface area contributed by atoms with Crippen LogP contribution >= 0.6 is 0 Å². The Labute approximate surface area is 122 Å². The Bertz CT molecular complexity index is 594. The van der Waals surface area contributed by atoms with Gasteiger partial charge in [-0.25, -0.2) is 0 Å². The summed E-state index contributed by atoms with van der Waals surface area (Å²) in [6.45, 7) is 0. The Morgan fingerprint density at radius 2 is 1.86 bits per heavy atom. The summed E-state index contributed by atoms with van der Waals surface area (Å²) in [7, 11) is 4.31. The third kappa shape index (κ3) is 3.63. The first-order chi connectivity index (χ1) is 10.1. The number of rotatable bonds is 6. The number of aromatic hydroxyl groups is 1. The minimum atomic E-state index is -0.706. The number of ether oxygens (including phenoxy) is 3. The number of methoxy groups -OCH3 is 3. The first-order valence-corrected chi connectivity index (χ1v) is 5.85. The molecule has 1 rings (SSSR count). The lowest BCUT2D eigenvalue weighted by atomic mass is 10.1. The maximum Gasteiger partial charge on any atom is 0.185 e. The van der Waals surface area contributed by atoms with Crippen molar-refractivity contribution in [3.63, 3.8) is 0 Å². The fraction of sp³-hybridized carbons (Fsp3) is 0.286. The van der Waals surface area contributed by atoms with E-state index < -0.39 is 6.29 Å². The number of nitrogens with zero attached hydrogens (tertiary/aromatic N) is 2. The molecule has 0 saturated carbocycles. The van der Waals surface area contributed by atoms with E-state index in [0.29, 0.717) is 11.3 Å². The van der Waals surface area contributed by atoms with E-state index in [4.69, 9.17) is 24.7 Å². The van der Waals surface area contributed by atoms with Gasteiger partial charge in [-0.05, 0) is 12.1 Å². The van der Waals surface area contributed by atoms with Crippen molar-refractivity contribution in [3.05, 3.63) is 29.5 Å². The maximum atomic E-state index is 9.83. The number of phenolic OH excluding ortho intramolecular Hbond substituents is 1. The second-order valence-electron chi connectivity index (χ2n) is 3.81. The van der Waals surface area contributed by atoms with Crippen LogP contribution in [0.3, 0.4) is 0 Å². The van der Waals surface area contributed by atoms with E-state index in [0.717, 1.165) is 0 Å². The van der Waals surface area contributed by atoms with Crippen LogP contribution in [0.2, 0.25) is 0 Å². The summed E-state index contributed by atoms with van der Waals surface area (Å²) in [4.78, 5) is 0. The molecule has 0 heterocycles. The monoisotopic (exact) mass is 289 g/mol. The molecule has 0 bridgehead atoms. The van der Waals surface area contributed by atoms with Gasteiger partial charge in [-0.1, -0.05) is 0 Å². The van der Waals surface area contributed by atoms with Crippen LogP contribution in [0.1, 0.15) is 11.9 Å².